The maximum atomic E-state index is 12.5. The van der Waals surface area contributed by atoms with Gasteiger partial charge in [-0.2, -0.15) is 0 Å². The first-order valence-corrected chi connectivity index (χ1v) is 6.91. The van der Waals surface area contributed by atoms with Crippen LogP contribution in [0.5, 0.6) is 0 Å². The number of hydrogen-bond acceptors (Lipinski definition) is 3. The number of aliphatic hydroxyl groups is 1. The molecule has 0 fully saturated rings. The van der Waals surface area contributed by atoms with Crippen molar-refractivity contribution < 1.29 is 19.8 Å². The van der Waals surface area contributed by atoms with Gasteiger partial charge in [0.15, 0.2) is 0 Å². The zero-order valence-corrected chi connectivity index (χ0v) is 12.4. The summed E-state index contributed by atoms with van der Waals surface area (Å²) >= 11 is 0. The van der Waals surface area contributed by atoms with Crippen LogP contribution in [0, 0.1) is 6.92 Å². The molecule has 0 atom stereocenters. The average molecular weight is 291 g/mol. The smallest absolute Gasteiger partial charge is 0.328 e. The molecule has 0 aromatic heterocycles. The summed E-state index contributed by atoms with van der Waals surface area (Å²) in [5.41, 5.74) is 2.07. The van der Waals surface area contributed by atoms with Gasteiger partial charge in [0.25, 0.3) is 5.91 Å². The summed E-state index contributed by atoms with van der Waals surface area (Å²) in [4.78, 5) is 24.7. The van der Waals surface area contributed by atoms with Crippen LogP contribution < -0.4 is 0 Å². The molecule has 5 nitrogen and oxygen atoms in total. The second-order valence-corrected chi connectivity index (χ2v) is 4.71. The number of aliphatic carboxylic acids is 1. The number of amides is 1. The van der Waals surface area contributed by atoms with Gasteiger partial charge in [0, 0.05) is 31.3 Å². The van der Waals surface area contributed by atoms with Crippen LogP contribution in [-0.2, 0) is 4.79 Å². The lowest BCUT2D eigenvalue weighted by Gasteiger charge is -2.21. The van der Waals surface area contributed by atoms with Gasteiger partial charge in [0.1, 0.15) is 0 Å². The third kappa shape index (κ3) is 5.04. The molecular weight excluding hydrogens is 270 g/mol. The van der Waals surface area contributed by atoms with Crippen molar-refractivity contribution >= 4 is 18.0 Å². The minimum Gasteiger partial charge on any atom is -0.478 e. The fourth-order valence-electron chi connectivity index (χ4n) is 1.98. The van der Waals surface area contributed by atoms with E-state index in [0.717, 1.165) is 11.6 Å². The molecule has 1 aromatic rings. The minimum absolute atomic E-state index is 0.0458. The van der Waals surface area contributed by atoms with E-state index in [2.05, 4.69) is 0 Å². The van der Waals surface area contributed by atoms with Crippen LogP contribution in [0.1, 0.15) is 34.8 Å². The van der Waals surface area contributed by atoms with Crippen molar-refractivity contribution in [1.82, 2.24) is 4.90 Å². The van der Waals surface area contributed by atoms with E-state index in [1.54, 1.807) is 23.1 Å². The molecular formula is C16H21NO4. The molecule has 1 rings (SSSR count). The van der Waals surface area contributed by atoms with Crippen molar-refractivity contribution in [2.24, 2.45) is 0 Å². The maximum absolute atomic E-state index is 12.5. The first-order valence-electron chi connectivity index (χ1n) is 6.91. The third-order valence-corrected chi connectivity index (χ3v) is 3.17. The van der Waals surface area contributed by atoms with Gasteiger partial charge in [0.05, 0.1) is 0 Å². The molecule has 21 heavy (non-hydrogen) atoms. The molecule has 1 amide bonds. The Bertz CT molecular complexity index is 537. The van der Waals surface area contributed by atoms with E-state index >= 15 is 0 Å². The number of benzene rings is 1. The van der Waals surface area contributed by atoms with Gasteiger partial charge in [-0.1, -0.05) is 12.1 Å². The number of rotatable bonds is 7. The van der Waals surface area contributed by atoms with E-state index in [9.17, 15) is 9.59 Å². The molecule has 0 saturated heterocycles. The quantitative estimate of drug-likeness (QED) is 0.753. The lowest BCUT2D eigenvalue weighted by Crippen LogP contribution is -2.32. The van der Waals surface area contributed by atoms with Crippen LogP contribution >= 0.6 is 0 Å². The van der Waals surface area contributed by atoms with Crippen molar-refractivity contribution in [2.75, 3.05) is 19.7 Å². The van der Waals surface area contributed by atoms with Gasteiger partial charge in [-0.05, 0) is 43.5 Å². The van der Waals surface area contributed by atoms with E-state index in [4.69, 9.17) is 10.2 Å². The van der Waals surface area contributed by atoms with Gasteiger partial charge >= 0.3 is 5.97 Å². The number of hydrogen-bond donors (Lipinski definition) is 2. The Morgan fingerprint density at radius 2 is 2.05 bits per heavy atom. The van der Waals surface area contributed by atoms with Gasteiger partial charge in [-0.3, -0.25) is 4.79 Å². The highest BCUT2D eigenvalue weighted by atomic mass is 16.4. The third-order valence-electron chi connectivity index (χ3n) is 3.17. The Labute approximate surface area is 124 Å². The van der Waals surface area contributed by atoms with Crippen LogP contribution in [0.2, 0.25) is 0 Å². The average Bonchev–Trinajstić information content (AvgIpc) is 2.46. The van der Waals surface area contributed by atoms with Crippen molar-refractivity contribution in [3.63, 3.8) is 0 Å². The Kier molecular flexibility index (Phi) is 6.62. The highest BCUT2D eigenvalue weighted by molar-refractivity contribution is 5.96. The molecule has 0 radical (unpaired) electrons. The molecule has 0 bridgehead atoms. The van der Waals surface area contributed by atoms with E-state index < -0.39 is 5.97 Å². The zero-order chi connectivity index (χ0) is 15.8. The Morgan fingerprint density at radius 3 is 2.62 bits per heavy atom. The molecule has 0 unspecified atom stereocenters. The topological polar surface area (TPSA) is 77.8 Å². The number of carbonyl (C=O) groups excluding carboxylic acids is 1. The molecule has 5 heteroatoms. The fraction of sp³-hybridized carbons (Fsp3) is 0.375. The molecule has 0 aliphatic carbocycles. The lowest BCUT2D eigenvalue weighted by atomic mass is 10.0. The SMILES string of the molecule is CCN(CCCO)C(=O)c1cc(/C=C/C(=O)O)ccc1C. The predicted octanol–water partition coefficient (Wildman–Crippen LogP) is 1.94. The monoisotopic (exact) mass is 291 g/mol. The molecule has 0 spiro atoms. The molecule has 1 aromatic carbocycles. The minimum atomic E-state index is -1.03. The summed E-state index contributed by atoms with van der Waals surface area (Å²) in [7, 11) is 0. The van der Waals surface area contributed by atoms with Crippen molar-refractivity contribution in [2.45, 2.75) is 20.3 Å². The summed E-state index contributed by atoms with van der Waals surface area (Å²) in [5, 5.41) is 17.5. The highest BCUT2D eigenvalue weighted by Gasteiger charge is 2.16. The summed E-state index contributed by atoms with van der Waals surface area (Å²) in [5.74, 6) is -1.13. The maximum Gasteiger partial charge on any atom is 0.328 e. The Hall–Kier alpha value is -2.14. The largest absolute Gasteiger partial charge is 0.478 e. The van der Waals surface area contributed by atoms with Crippen molar-refractivity contribution in [3.8, 4) is 0 Å². The Morgan fingerprint density at radius 1 is 1.33 bits per heavy atom. The molecule has 0 aliphatic rings. The summed E-state index contributed by atoms with van der Waals surface area (Å²) < 4.78 is 0. The second-order valence-electron chi connectivity index (χ2n) is 4.71. The molecule has 0 saturated carbocycles. The molecule has 0 heterocycles. The zero-order valence-electron chi connectivity index (χ0n) is 12.4. The summed E-state index contributed by atoms with van der Waals surface area (Å²) in [6, 6.07) is 5.27. The van der Waals surface area contributed by atoms with Gasteiger partial charge in [-0.25, -0.2) is 4.79 Å². The van der Waals surface area contributed by atoms with Crippen molar-refractivity contribution in [1.29, 1.82) is 0 Å². The number of nitrogens with zero attached hydrogens (tertiary/aromatic N) is 1. The van der Waals surface area contributed by atoms with Crippen LogP contribution in [0.15, 0.2) is 24.3 Å². The van der Waals surface area contributed by atoms with Crippen LogP contribution in [0.4, 0.5) is 0 Å². The van der Waals surface area contributed by atoms with Gasteiger partial charge in [0.2, 0.25) is 0 Å². The van der Waals surface area contributed by atoms with Crippen LogP contribution in [0.3, 0.4) is 0 Å². The first-order chi connectivity index (χ1) is 9.99. The number of aliphatic hydroxyl groups excluding tert-OH is 1. The van der Waals surface area contributed by atoms with E-state index in [0.29, 0.717) is 30.6 Å². The molecule has 114 valence electrons. The van der Waals surface area contributed by atoms with Crippen LogP contribution in [0.25, 0.3) is 6.08 Å². The predicted molar refractivity (Wildman–Crippen MR) is 81.1 cm³/mol. The van der Waals surface area contributed by atoms with Crippen LogP contribution in [-0.4, -0.2) is 46.7 Å². The number of aryl methyl sites for hydroxylation is 1. The number of carboxylic acids is 1. The number of carboxylic acid groups (broad SMARTS) is 1. The van der Waals surface area contributed by atoms with Crippen molar-refractivity contribution in [3.05, 3.63) is 41.0 Å². The molecule has 2 N–H and O–H groups in total. The van der Waals surface area contributed by atoms with E-state index in [1.807, 2.05) is 13.8 Å². The summed E-state index contributed by atoms with van der Waals surface area (Å²) in [6.07, 6.45) is 3.04. The lowest BCUT2D eigenvalue weighted by molar-refractivity contribution is -0.131. The normalized spacial score (nSPS) is 10.8. The highest BCUT2D eigenvalue weighted by Crippen LogP contribution is 2.15. The number of carbonyl (C=O) groups is 2. The standard InChI is InChI=1S/C16H21NO4/c1-3-17(9-4-10-18)16(21)14-11-13(6-5-12(14)2)7-8-15(19)20/h5-8,11,18H,3-4,9-10H2,1-2H3,(H,19,20)/b8-7+. The molecule has 0 aliphatic heterocycles. The second kappa shape index (κ2) is 8.21. The Balaban J connectivity index is 3.01. The fourth-order valence-corrected chi connectivity index (χ4v) is 1.98. The van der Waals surface area contributed by atoms with E-state index in [1.165, 1.54) is 6.08 Å². The van der Waals surface area contributed by atoms with E-state index in [-0.39, 0.29) is 12.5 Å². The van der Waals surface area contributed by atoms with Gasteiger partial charge in [-0.15, -0.1) is 0 Å². The van der Waals surface area contributed by atoms with Gasteiger partial charge < -0.3 is 15.1 Å². The summed E-state index contributed by atoms with van der Waals surface area (Å²) in [6.45, 7) is 4.84. The first kappa shape index (κ1) is 16.9.